The standard InChI is InChI=1S/C12H21NO5S/c1-11(2,19(4,17)18)9(14)13-8-6-5-7-12(13,3)10(15)16/h5-8H2,1-4H3,(H,15,16). The summed E-state index contributed by atoms with van der Waals surface area (Å²) in [5.41, 5.74) is -1.32. The van der Waals surface area contributed by atoms with Crippen molar-refractivity contribution in [3.05, 3.63) is 0 Å². The monoisotopic (exact) mass is 291 g/mol. The van der Waals surface area contributed by atoms with Crippen LogP contribution in [-0.2, 0) is 19.4 Å². The molecule has 1 heterocycles. The summed E-state index contributed by atoms with van der Waals surface area (Å²) < 4.78 is 21.8. The highest BCUT2D eigenvalue weighted by atomic mass is 32.2. The van der Waals surface area contributed by atoms with Crippen LogP contribution in [0, 0.1) is 0 Å². The highest BCUT2D eigenvalue weighted by Gasteiger charge is 2.50. The number of carbonyl (C=O) groups excluding carboxylic acids is 1. The van der Waals surface area contributed by atoms with Gasteiger partial charge in [0.25, 0.3) is 0 Å². The van der Waals surface area contributed by atoms with E-state index in [1.54, 1.807) is 0 Å². The van der Waals surface area contributed by atoms with Gasteiger partial charge in [-0.3, -0.25) is 4.79 Å². The van der Waals surface area contributed by atoms with Gasteiger partial charge in [0.1, 0.15) is 10.3 Å². The molecule has 1 fully saturated rings. The Bertz CT molecular complexity index is 496. The third-order valence-corrected chi connectivity index (χ3v) is 6.07. The van der Waals surface area contributed by atoms with E-state index in [0.717, 1.165) is 6.26 Å². The minimum atomic E-state index is -3.61. The third-order valence-electron chi connectivity index (χ3n) is 4.04. The van der Waals surface area contributed by atoms with Gasteiger partial charge in [0.15, 0.2) is 9.84 Å². The summed E-state index contributed by atoms with van der Waals surface area (Å²) in [4.78, 5) is 25.1. The quantitative estimate of drug-likeness (QED) is 0.825. The molecule has 0 bridgehead atoms. The lowest BCUT2D eigenvalue weighted by Crippen LogP contribution is -2.62. The van der Waals surface area contributed by atoms with Gasteiger partial charge in [0, 0.05) is 12.8 Å². The van der Waals surface area contributed by atoms with Crippen LogP contribution >= 0.6 is 0 Å². The van der Waals surface area contributed by atoms with E-state index in [-0.39, 0.29) is 6.54 Å². The number of aliphatic carboxylic acids is 1. The molecule has 1 saturated heterocycles. The Kier molecular flexibility index (Phi) is 4.01. The zero-order valence-corrected chi connectivity index (χ0v) is 12.6. The third kappa shape index (κ3) is 2.61. The van der Waals surface area contributed by atoms with Crippen LogP contribution in [0.3, 0.4) is 0 Å². The van der Waals surface area contributed by atoms with Crippen LogP contribution in [0.5, 0.6) is 0 Å². The van der Waals surface area contributed by atoms with Crippen molar-refractivity contribution in [2.45, 2.75) is 50.3 Å². The molecule has 0 aromatic rings. The average Bonchev–Trinajstić information content (AvgIpc) is 2.27. The number of hydrogen-bond acceptors (Lipinski definition) is 4. The van der Waals surface area contributed by atoms with Crippen molar-refractivity contribution < 1.29 is 23.1 Å². The molecule has 0 aromatic carbocycles. The molecule has 1 N–H and O–H groups in total. The molecule has 0 aromatic heterocycles. The van der Waals surface area contributed by atoms with Gasteiger partial charge in [-0.25, -0.2) is 13.2 Å². The van der Waals surface area contributed by atoms with Gasteiger partial charge in [0.2, 0.25) is 5.91 Å². The fraction of sp³-hybridized carbons (Fsp3) is 0.833. The van der Waals surface area contributed by atoms with E-state index in [9.17, 15) is 23.1 Å². The molecule has 0 spiro atoms. The van der Waals surface area contributed by atoms with E-state index in [1.165, 1.54) is 25.7 Å². The zero-order chi connectivity index (χ0) is 15.1. The topological polar surface area (TPSA) is 91.8 Å². The van der Waals surface area contributed by atoms with Crippen LogP contribution in [0.15, 0.2) is 0 Å². The maximum Gasteiger partial charge on any atom is 0.329 e. The molecule has 0 saturated carbocycles. The first kappa shape index (κ1) is 15.9. The predicted octanol–water partition coefficient (Wildman–Crippen LogP) is 0.665. The fourth-order valence-corrected chi connectivity index (χ4v) is 2.58. The molecule has 0 radical (unpaired) electrons. The molecule has 6 nitrogen and oxygen atoms in total. The van der Waals surface area contributed by atoms with Crippen LogP contribution < -0.4 is 0 Å². The second kappa shape index (κ2) is 4.77. The number of piperidine rings is 1. The summed E-state index contributed by atoms with van der Waals surface area (Å²) in [5.74, 6) is -1.73. The van der Waals surface area contributed by atoms with E-state index in [0.29, 0.717) is 19.3 Å². The van der Waals surface area contributed by atoms with E-state index in [4.69, 9.17) is 0 Å². The van der Waals surface area contributed by atoms with Crippen LogP contribution in [-0.4, -0.2) is 53.4 Å². The molecule has 0 aliphatic carbocycles. The van der Waals surface area contributed by atoms with E-state index >= 15 is 0 Å². The summed E-state index contributed by atoms with van der Waals surface area (Å²) in [6, 6.07) is 0. The van der Waals surface area contributed by atoms with Crippen molar-refractivity contribution in [2.24, 2.45) is 0 Å². The Labute approximate surface area is 113 Å². The second-order valence-electron chi connectivity index (χ2n) is 5.78. The lowest BCUT2D eigenvalue weighted by Gasteiger charge is -2.44. The summed E-state index contributed by atoms with van der Waals surface area (Å²) in [6.07, 6.45) is 2.74. The van der Waals surface area contributed by atoms with Crippen LogP contribution in [0.25, 0.3) is 0 Å². The van der Waals surface area contributed by atoms with Crippen LogP contribution in [0.4, 0.5) is 0 Å². The molecule has 1 aliphatic rings. The van der Waals surface area contributed by atoms with Crippen molar-refractivity contribution in [3.63, 3.8) is 0 Å². The van der Waals surface area contributed by atoms with Gasteiger partial charge < -0.3 is 10.0 Å². The highest BCUT2D eigenvalue weighted by Crippen LogP contribution is 2.32. The molecule has 1 aliphatic heterocycles. The van der Waals surface area contributed by atoms with Crippen molar-refractivity contribution in [2.75, 3.05) is 12.8 Å². The average molecular weight is 291 g/mol. The normalized spacial score (nSPS) is 25.2. The van der Waals surface area contributed by atoms with Gasteiger partial charge in [-0.15, -0.1) is 0 Å². The number of sulfone groups is 1. The number of nitrogens with zero attached hydrogens (tertiary/aromatic N) is 1. The summed E-state index contributed by atoms with van der Waals surface area (Å²) in [5, 5.41) is 9.34. The molecule has 1 atom stereocenters. The number of hydrogen-bond donors (Lipinski definition) is 1. The Hall–Kier alpha value is -1.11. The SMILES string of the molecule is CC1(C(=O)O)CCCCN1C(=O)C(C)(C)S(C)(=O)=O. The highest BCUT2D eigenvalue weighted by molar-refractivity contribution is 7.92. The minimum Gasteiger partial charge on any atom is -0.480 e. The number of rotatable bonds is 3. The van der Waals surface area contributed by atoms with Gasteiger partial charge in [-0.1, -0.05) is 0 Å². The zero-order valence-electron chi connectivity index (χ0n) is 11.8. The first-order valence-electron chi connectivity index (χ1n) is 6.19. The van der Waals surface area contributed by atoms with E-state index in [2.05, 4.69) is 0 Å². The molecular weight excluding hydrogens is 270 g/mol. The molecule has 1 unspecified atom stereocenters. The minimum absolute atomic E-state index is 0.278. The second-order valence-corrected chi connectivity index (χ2v) is 8.34. The molecular formula is C12H21NO5S. The van der Waals surface area contributed by atoms with E-state index < -0.39 is 32.0 Å². The maximum absolute atomic E-state index is 12.5. The van der Waals surface area contributed by atoms with E-state index in [1.807, 2.05) is 0 Å². The van der Waals surface area contributed by atoms with Crippen molar-refractivity contribution >= 4 is 21.7 Å². The summed E-state index contributed by atoms with van der Waals surface area (Å²) in [7, 11) is -3.61. The van der Waals surface area contributed by atoms with Crippen LogP contribution in [0.1, 0.15) is 40.0 Å². The fourth-order valence-electron chi connectivity index (χ4n) is 2.15. The van der Waals surface area contributed by atoms with Gasteiger partial charge in [-0.2, -0.15) is 0 Å². The molecule has 1 rings (SSSR count). The first-order chi connectivity index (χ1) is 8.44. The molecule has 19 heavy (non-hydrogen) atoms. The Balaban J connectivity index is 3.20. The summed E-state index contributed by atoms with van der Waals surface area (Å²) >= 11 is 0. The van der Waals surface area contributed by atoms with Crippen molar-refractivity contribution in [1.29, 1.82) is 0 Å². The lowest BCUT2D eigenvalue weighted by atomic mass is 9.87. The van der Waals surface area contributed by atoms with Crippen molar-refractivity contribution in [1.82, 2.24) is 4.90 Å². The largest absolute Gasteiger partial charge is 0.480 e. The smallest absolute Gasteiger partial charge is 0.329 e. The number of carboxylic acid groups (broad SMARTS) is 1. The molecule has 110 valence electrons. The van der Waals surface area contributed by atoms with Gasteiger partial charge in [0.05, 0.1) is 0 Å². The number of amides is 1. The Morgan fingerprint density at radius 1 is 1.26 bits per heavy atom. The van der Waals surface area contributed by atoms with Gasteiger partial charge in [-0.05, 0) is 40.0 Å². The van der Waals surface area contributed by atoms with Gasteiger partial charge >= 0.3 is 5.97 Å². The molecule has 1 amide bonds. The van der Waals surface area contributed by atoms with Crippen LogP contribution in [0.2, 0.25) is 0 Å². The Morgan fingerprint density at radius 3 is 2.21 bits per heavy atom. The number of likely N-dealkylation sites (tertiary alicyclic amines) is 1. The first-order valence-corrected chi connectivity index (χ1v) is 8.09. The number of carbonyl (C=O) groups is 2. The Morgan fingerprint density at radius 2 is 1.79 bits per heavy atom. The molecule has 7 heteroatoms. The predicted molar refractivity (Wildman–Crippen MR) is 70.5 cm³/mol. The lowest BCUT2D eigenvalue weighted by molar-refractivity contribution is -0.161. The van der Waals surface area contributed by atoms with Crippen molar-refractivity contribution in [3.8, 4) is 0 Å². The summed E-state index contributed by atoms with van der Waals surface area (Å²) in [6.45, 7) is 4.40. The number of carboxylic acids is 1. The maximum atomic E-state index is 12.5.